The molecule has 2 heterocycles. The Morgan fingerprint density at radius 1 is 1.08 bits per heavy atom. The van der Waals surface area contributed by atoms with Crippen molar-refractivity contribution in [3.63, 3.8) is 0 Å². The molecule has 3 aliphatic rings. The molecule has 0 unspecified atom stereocenters. The molecule has 2 aliphatic heterocycles. The first kappa shape index (κ1) is 14.0. The quantitative estimate of drug-likeness (QED) is 0.725. The van der Waals surface area contributed by atoms with Crippen LogP contribution < -0.4 is 0 Å². The maximum Gasteiger partial charge on any atom is 0.320 e. The second kappa shape index (κ2) is 4.82. The van der Waals surface area contributed by atoms with Crippen molar-refractivity contribution < 1.29 is 9.18 Å². The Morgan fingerprint density at radius 2 is 1.88 bits per heavy atom. The van der Waals surface area contributed by atoms with Gasteiger partial charge in [0.15, 0.2) is 0 Å². The average Bonchev–Trinajstić information content (AvgIpc) is 3.02. The highest BCUT2D eigenvalue weighted by molar-refractivity contribution is 5.78. The molecular weight excluding hydrogens is 303 g/mol. The molecule has 0 spiro atoms. The van der Waals surface area contributed by atoms with Crippen LogP contribution in [-0.4, -0.2) is 35.5 Å². The fourth-order valence-corrected chi connectivity index (χ4v) is 4.91. The van der Waals surface area contributed by atoms with Gasteiger partial charge in [0.2, 0.25) is 0 Å². The topological polar surface area (TPSA) is 23.6 Å². The van der Waals surface area contributed by atoms with Gasteiger partial charge in [-0.15, -0.1) is 0 Å². The summed E-state index contributed by atoms with van der Waals surface area (Å²) in [6.45, 7) is 0.763. The number of urea groups is 1. The standard InChI is InChI=1S/C20H19FN2O/c1-22-11-15-10-18-16-5-3-2-4-12(16)8-13-6-7-14(21)9-17(13)19(18)23(15)20(22)24/h2-7,9,15,18-19H,8,10-11H2,1H3/t15-,18-,19-/m1/s1. The van der Waals surface area contributed by atoms with Crippen molar-refractivity contribution in [2.45, 2.75) is 30.8 Å². The average molecular weight is 322 g/mol. The van der Waals surface area contributed by atoms with Crippen molar-refractivity contribution >= 4 is 6.03 Å². The van der Waals surface area contributed by atoms with Crippen LogP contribution in [0.2, 0.25) is 0 Å². The summed E-state index contributed by atoms with van der Waals surface area (Å²) in [5.74, 6) is 0.0359. The molecule has 3 nitrogen and oxygen atoms in total. The monoisotopic (exact) mass is 322 g/mol. The van der Waals surface area contributed by atoms with E-state index in [0.717, 1.165) is 30.5 Å². The number of fused-ring (bicyclic) bond motifs is 7. The van der Waals surface area contributed by atoms with E-state index in [2.05, 4.69) is 24.3 Å². The van der Waals surface area contributed by atoms with Crippen LogP contribution in [0, 0.1) is 5.82 Å². The van der Waals surface area contributed by atoms with E-state index in [1.165, 1.54) is 17.2 Å². The van der Waals surface area contributed by atoms with Crippen LogP contribution in [0.1, 0.15) is 40.6 Å². The van der Waals surface area contributed by atoms with Gasteiger partial charge in [-0.05, 0) is 47.2 Å². The number of hydrogen-bond acceptors (Lipinski definition) is 1. The van der Waals surface area contributed by atoms with E-state index in [0.29, 0.717) is 0 Å². The highest BCUT2D eigenvalue weighted by Gasteiger charge is 2.51. The van der Waals surface area contributed by atoms with Crippen molar-refractivity contribution in [2.75, 3.05) is 13.6 Å². The van der Waals surface area contributed by atoms with Crippen LogP contribution in [0.15, 0.2) is 42.5 Å². The van der Waals surface area contributed by atoms with Gasteiger partial charge < -0.3 is 9.80 Å². The number of carbonyl (C=O) groups excluding carboxylic acids is 1. The maximum atomic E-state index is 14.0. The van der Waals surface area contributed by atoms with Crippen molar-refractivity contribution in [3.05, 3.63) is 70.5 Å². The Hall–Kier alpha value is -2.36. The number of benzene rings is 2. The summed E-state index contributed by atoms with van der Waals surface area (Å²) in [6.07, 6.45) is 1.76. The molecule has 24 heavy (non-hydrogen) atoms. The molecule has 5 rings (SSSR count). The molecule has 2 amide bonds. The Morgan fingerprint density at radius 3 is 2.75 bits per heavy atom. The van der Waals surface area contributed by atoms with E-state index in [9.17, 15) is 9.18 Å². The number of halogens is 1. The number of amides is 2. The predicted octanol–water partition coefficient (Wildman–Crippen LogP) is 3.69. The third kappa shape index (κ3) is 1.80. The lowest BCUT2D eigenvalue weighted by molar-refractivity contribution is 0.182. The van der Waals surface area contributed by atoms with Gasteiger partial charge in [-0.2, -0.15) is 0 Å². The minimum atomic E-state index is -0.220. The number of likely N-dealkylation sites (N-methyl/N-ethyl adjacent to an activating group) is 1. The van der Waals surface area contributed by atoms with Gasteiger partial charge >= 0.3 is 6.03 Å². The lowest BCUT2D eigenvalue weighted by Crippen LogP contribution is -2.33. The van der Waals surface area contributed by atoms with Gasteiger partial charge in [-0.25, -0.2) is 9.18 Å². The van der Waals surface area contributed by atoms with Gasteiger partial charge in [0, 0.05) is 19.5 Å². The number of nitrogens with zero attached hydrogens (tertiary/aromatic N) is 2. The lowest BCUT2D eigenvalue weighted by atomic mass is 9.86. The number of carbonyl (C=O) groups is 1. The second-order valence-corrected chi connectivity index (χ2v) is 7.23. The minimum Gasteiger partial charge on any atom is -0.326 e. The van der Waals surface area contributed by atoms with Crippen LogP contribution in [0.4, 0.5) is 9.18 Å². The molecule has 0 aromatic heterocycles. The second-order valence-electron chi connectivity index (χ2n) is 7.23. The molecule has 4 heteroatoms. The van der Waals surface area contributed by atoms with Crippen molar-refractivity contribution in [2.24, 2.45) is 0 Å². The highest BCUT2D eigenvalue weighted by atomic mass is 19.1. The molecule has 2 saturated heterocycles. The fraction of sp³-hybridized carbons (Fsp3) is 0.350. The molecule has 0 radical (unpaired) electrons. The van der Waals surface area contributed by atoms with E-state index < -0.39 is 0 Å². The zero-order valence-corrected chi connectivity index (χ0v) is 13.6. The third-order valence-electron chi connectivity index (χ3n) is 5.89. The third-order valence-corrected chi connectivity index (χ3v) is 5.89. The fourth-order valence-electron chi connectivity index (χ4n) is 4.91. The molecule has 3 atom stereocenters. The molecule has 1 aliphatic carbocycles. The van der Waals surface area contributed by atoms with E-state index in [1.807, 2.05) is 18.0 Å². The number of hydrogen-bond donors (Lipinski definition) is 0. The molecule has 0 saturated carbocycles. The van der Waals surface area contributed by atoms with Crippen LogP contribution in [0.5, 0.6) is 0 Å². The summed E-state index contributed by atoms with van der Waals surface area (Å²) in [4.78, 5) is 16.5. The molecular formula is C20H19FN2O. The van der Waals surface area contributed by atoms with Crippen molar-refractivity contribution in [1.29, 1.82) is 0 Å². The molecule has 122 valence electrons. The molecule has 2 fully saturated rings. The predicted molar refractivity (Wildman–Crippen MR) is 89.4 cm³/mol. The molecule has 0 bridgehead atoms. The van der Waals surface area contributed by atoms with E-state index >= 15 is 0 Å². The van der Waals surface area contributed by atoms with Crippen molar-refractivity contribution in [1.82, 2.24) is 9.80 Å². The van der Waals surface area contributed by atoms with Crippen LogP contribution in [-0.2, 0) is 6.42 Å². The zero-order chi connectivity index (χ0) is 16.4. The summed E-state index contributed by atoms with van der Waals surface area (Å²) in [5.41, 5.74) is 4.76. The first-order valence-corrected chi connectivity index (χ1v) is 8.53. The Labute approximate surface area is 140 Å². The summed E-state index contributed by atoms with van der Waals surface area (Å²) in [5, 5.41) is 0. The van der Waals surface area contributed by atoms with Gasteiger partial charge in [0.1, 0.15) is 5.82 Å². The normalized spacial score (nSPS) is 27.4. The zero-order valence-electron chi connectivity index (χ0n) is 13.6. The molecule has 2 aromatic carbocycles. The number of rotatable bonds is 0. The van der Waals surface area contributed by atoms with Crippen molar-refractivity contribution in [3.8, 4) is 0 Å². The Bertz CT molecular complexity index is 849. The molecule has 2 aromatic rings. The first-order valence-electron chi connectivity index (χ1n) is 8.53. The van der Waals surface area contributed by atoms with Gasteiger partial charge in [-0.3, -0.25) is 0 Å². The van der Waals surface area contributed by atoms with Crippen LogP contribution >= 0.6 is 0 Å². The smallest absolute Gasteiger partial charge is 0.320 e. The lowest BCUT2D eigenvalue weighted by Gasteiger charge is -2.28. The SMILES string of the molecule is CN1C[C@H]2C[C@@H]3c4ccccc4Cc4ccc(F)cc4[C@H]3N2C1=O. The summed E-state index contributed by atoms with van der Waals surface area (Å²) >= 11 is 0. The summed E-state index contributed by atoms with van der Waals surface area (Å²) < 4.78 is 14.0. The largest absolute Gasteiger partial charge is 0.326 e. The van der Waals surface area contributed by atoms with Crippen LogP contribution in [0.3, 0.4) is 0 Å². The summed E-state index contributed by atoms with van der Waals surface area (Å²) in [7, 11) is 1.85. The van der Waals surface area contributed by atoms with E-state index in [4.69, 9.17) is 0 Å². The molecule has 0 N–H and O–H groups in total. The first-order chi connectivity index (χ1) is 11.6. The van der Waals surface area contributed by atoms with Crippen LogP contribution in [0.25, 0.3) is 0 Å². The maximum absolute atomic E-state index is 14.0. The van der Waals surface area contributed by atoms with E-state index in [1.54, 1.807) is 11.0 Å². The van der Waals surface area contributed by atoms with Gasteiger partial charge in [0.05, 0.1) is 12.1 Å². The van der Waals surface area contributed by atoms with E-state index in [-0.39, 0.29) is 29.8 Å². The Balaban J connectivity index is 1.74. The minimum absolute atomic E-state index is 0.0539. The van der Waals surface area contributed by atoms with Gasteiger partial charge in [0.25, 0.3) is 0 Å². The summed E-state index contributed by atoms with van der Waals surface area (Å²) in [6, 6.07) is 13.8. The Kier molecular flexibility index (Phi) is 2.82. The highest BCUT2D eigenvalue weighted by Crippen LogP contribution is 2.52. The van der Waals surface area contributed by atoms with Gasteiger partial charge in [-0.1, -0.05) is 30.3 Å².